The Kier molecular flexibility index (Phi) is 19.5. The van der Waals surface area contributed by atoms with Crippen molar-refractivity contribution in [2.24, 2.45) is 27.9 Å². The number of aliphatic carboxylic acids is 2. The van der Waals surface area contributed by atoms with E-state index in [0.29, 0.717) is 5.56 Å². The van der Waals surface area contributed by atoms with E-state index in [1.54, 1.807) is 30.3 Å². The second-order valence-corrected chi connectivity index (χ2v) is 11.1. The summed E-state index contributed by atoms with van der Waals surface area (Å²) in [5.41, 5.74) is 21.8. The summed E-state index contributed by atoms with van der Waals surface area (Å²) in [6.45, 7) is -1.94. The Bertz CT molecular complexity index is 1470. The molecule has 52 heavy (non-hydrogen) atoms. The third kappa shape index (κ3) is 18.4. The standard InChI is InChI=1S/C30H45N11O11/c31-13-22(43)39-19(11-16-5-2-1-3-6-16)28(50)41-17(7-4-10-35-30(33)34)26(48)36-15-24(45)40-20(12-25(46)47)27(49)37-14-23(44)38-18(29(51)52)8-9-21(32)42/h1-3,5-6,17-20H,4,7-15,31H2,(H2,32,42)(H,36,48)(H,37,49)(H,38,44)(H,39,43)(H,40,45)(H,41,50)(H,46,47)(H,51,52)(H4,33,34,35)/t17-,18-,19-,20-/m0/s1. The molecule has 4 atom stereocenters. The van der Waals surface area contributed by atoms with Crippen LogP contribution in [0.5, 0.6) is 0 Å². The second kappa shape index (κ2) is 23.2. The predicted octanol–water partition coefficient (Wildman–Crippen LogP) is -5.76. The molecule has 1 rings (SSSR count). The van der Waals surface area contributed by atoms with Crippen LogP contribution >= 0.6 is 0 Å². The number of amides is 7. The highest BCUT2D eigenvalue weighted by Gasteiger charge is 2.29. The number of aliphatic imine (C=N–C) groups is 1. The Balaban J connectivity index is 2.95. The van der Waals surface area contributed by atoms with Crippen LogP contribution in [0, 0.1) is 0 Å². The van der Waals surface area contributed by atoms with Crippen LogP contribution in [0.25, 0.3) is 0 Å². The van der Waals surface area contributed by atoms with Gasteiger partial charge in [-0.05, 0) is 24.8 Å². The van der Waals surface area contributed by atoms with Gasteiger partial charge in [0, 0.05) is 19.4 Å². The van der Waals surface area contributed by atoms with Gasteiger partial charge >= 0.3 is 11.9 Å². The van der Waals surface area contributed by atoms with Crippen LogP contribution in [0.15, 0.2) is 35.3 Å². The first kappa shape index (κ1) is 43.7. The Morgan fingerprint density at radius 3 is 1.75 bits per heavy atom. The molecule has 0 saturated heterocycles. The molecule has 0 aliphatic carbocycles. The highest BCUT2D eigenvalue weighted by molar-refractivity contribution is 5.96. The van der Waals surface area contributed by atoms with Gasteiger partial charge in [-0.3, -0.25) is 43.3 Å². The van der Waals surface area contributed by atoms with E-state index in [-0.39, 0.29) is 44.6 Å². The van der Waals surface area contributed by atoms with Crippen LogP contribution in [-0.2, 0) is 49.6 Å². The highest BCUT2D eigenvalue weighted by atomic mass is 16.4. The molecule has 0 heterocycles. The van der Waals surface area contributed by atoms with Crippen LogP contribution in [0.1, 0.15) is 37.7 Å². The molecule has 0 aliphatic heterocycles. The van der Waals surface area contributed by atoms with Crippen LogP contribution < -0.4 is 54.8 Å². The smallest absolute Gasteiger partial charge is 0.326 e. The summed E-state index contributed by atoms with van der Waals surface area (Å²) >= 11 is 0. The van der Waals surface area contributed by atoms with Gasteiger partial charge in [-0.25, -0.2) is 4.79 Å². The SMILES string of the molecule is NCC(=O)N[C@@H](Cc1ccccc1)C(=O)N[C@@H](CCCN=C(N)N)C(=O)NCC(=O)N[C@@H](CC(=O)O)C(=O)NCC(=O)N[C@@H](CCC(N)=O)C(=O)O. The fourth-order valence-corrected chi connectivity index (χ4v) is 4.36. The fraction of sp³-hybridized carbons (Fsp3) is 0.467. The lowest BCUT2D eigenvalue weighted by atomic mass is 10.0. The van der Waals surface area contributed by atoms with Crippen molar-refractivity contribution < 1.29 is 53.4 Å². The summed E-state index contributed by atoms with van der Waals surface area (Å²) in [5, 5.41) is 32.0. The summed E-state index contributed by atoms with van der Waals surface area (Å²) in [6, 6.07) is 3.01. The number of carbonyl (C=O) groups is 9. The van der Waals surface area contributed by atoms with E-state index < -0.39 is 104 Å². The minimum atomic E-state index is -1.74. The number of carboxylic acids is 2. The van der Waals surface area contributed by atoms with E-state index in [4.69, 9.17) is 22.9 Å². The van der Waals surface area contributed by atoms with Gasteiger partial charge in [-0.1, -0.05) is 30.3 Å². The van der Waals surface area contributed by atoms with Crippen molar-refractivity contribution in [2.45, 2.75) is 62.7 Å². The number of carboxylic acid groups (broad SMARTS) is 2. The molecule has 0 spiro atoms. The van der Waals surface area contributed by atoms with E-state index in [1.807, 2.05) is 0 Å². The number of benzene rings is 1. The number of guanidine groups is 1. The summed E-state index contributed by atoms with van der Waals surface area (Å²) in [7, 11) is 0. The number of hydrogen-bond acceptors (Lipinski definition) is 11. The minimum absolute atomic E-state index is 0.0315. The van der Waals surface area contributed by atoms with Crippen molar-refractivity contribution in [3.8, 4) is 0 Å². The Labute approximate surface area is 297 Å². The van der Waals surface area contributed by atoms with Crippen molar-refractivity contribution >= 4 is 59.2 Å². The van der Waals surface area contributed by atoms with E-state index >= 15 is 0 Å². The van der Waals surface area contributed by atoms with Gasteiger partial charge < -0.3 is 65.0 Å². The van der Waals surface area contributed by atoms with E-state index in [2.05, 4.69) is 36.9 Å². The van der Waals surface area contributed by atoms with Crippen molar-refractivity contribution in [2.75, 3.05) is 26.2 Å². The molecule has 16 N–H and O–H groups in total. The highest BCUT2D eigenvalue weighted by Crippen LogP contribution is 2.06. The fourth-order valence-electron chi connectivity index (χ4n) is 4.36. The molecule has 22 nitrogen and oxygen atoms in total. The lowest BCUT2D eigenvalue weighted by Gasteiger charge is -2.23. The summed E-state index contributed by atoms with van der Waals surface area (Å²) in [6.07, 6.45) is -1.41. The molecule has 0 aromatic heterocycles. The zero-order chi connectivity index (χ0) is 39.2. The number of nitrogens with two attached hydrogens (primary N) is 4. The largest absolute Gasteiger partial charge is 0.481 e. The molecule has 0 bridgehead atoms. The average molecular weight is 736 g/mol. The number of rotatable bonds is 24. The van der Waals surface area contributed by atoms with Gasteiger partial charge in [0.25, 0.3) is 0 Å². The van der Waals surface area contributed by atoms with Gasteiger partial charge in [0.2, 0.25) is 41.4 Å². The van der Waals surface area contributed by atoms with Crippen molar-refractivity contribution in [1.29, 1.82) is 0 Å². The monoisotopic (exact) mass is 735 g/mol. The molecule has 7 amide bonds. The lowest BCUT2D eigenvalue weighted by Crippen LogP contribution is -2.56. The molecule has 0 aliphatic rings. The number of primary amides is 1. The summed E-state index contributed by atoms with van der Waals surface area (Å²) in [5.74, 6) is -9.40. The first-order chi connectivity index (χ1) is 24.5. The Morgan fingerprint density at radius 2 is 1.23 bits per heavy atom. The lowest BCUT2D eigenvalue weighted by molar-refractivity contribution is -0.142. The third-order valence-electron chi connectivity index (χ3n) is 6.89. The number of nitrogens with zero attached hydrogens (tertiary/aromatic N) is 1. The number of carbonyl (C=O) groups excluding carboxylic acids is 7. The first-order valence-corrected chi connectivity index (χ1v) is 15.8. The van der Waals surface area contributed by atoms with Crippen molar-refractivity contribution in [3.63, 3.8) is 0 Å². The predicted molar refractivity (Wildman–Crippen MR) is 181 cm³/mol. The van der Waals surface area contributed by atoms with Crippen LogP contribution in [0.2, 0.25) is 0 Å². The molecular formula is C30H45N11O11. The molecule has 0 saturated carbocycles. The van der Waals surface area contributed by atoms with Crippen LogP contribution in [0.4, 0.5) is 0 Å². The number of nitrogens with one attached hydrogen (secondary N) is 6. The summed E-state index contributed by atoms with van der Waals surface area (Å²) in [4.78, 5) is 114. The Morgan fingerprint density at radius 1 is 0.673 bits per heavy atom. The molecule has 286 valence electrons. The van der Waals surface area contributed by atoms with Gasteiger partial charge in [0.1, 0.15) is 24.2 Å². The Hall–Kier alpha value is -6.32. The van der Waals surface area contributed by atoms with Gasteiger partial charge in [-0.15, -0.1) is 0 Å². The molecule has 0 fully saturated rings. The maximum atomic E-state index is 13.3. The molecule has 0 unspecified atom stereocenters. The first-order valence-electron chi connectivity index (χ1n) is 15.8. The van der Waals surface area contributed by atoms with Gasteiger partial charge in [-0.2, -0.15) is 0 Å². The molecule has 22 heteroatoms. The van der Waals surface area contributed by atoms with Gasteiger partial charge in [0.15, 0.2) is 5.96 Å². The molecule has 1 aromatic rings. The van der Waals surface area contributed by atoms with Crippen LogP contribution in [-0.4, -0.2) is 120 Å². The van der Waals surface area contributed by atoms with Crippen molar-refractivity contribution in [3.05, 3.63) is 35.9 Å². The van der Waals surface area contributed by atoms with E-state index in [9.17, 15) is 53.4 Å². The molecular weight excluding hydrogens is 690 g/mol. The number of hydrogen-bond donors (Lipinski definition) is 12. The maximum Gasteiger partial charge on any atom is 0.326 e. The van der Waals surface area contributed by atoms with Gasteiger partial charge in [0.05, 0.1) is 26.1 Å². The quantitative estimate of drug-likeness (QED) is 0.0267. The molecule has 1 aromatic carbocycles. The van der Waals surface area contributed by atoms with Crippen molar-refractivity contribution in [1.82, 2.24) is 31.9 Å². The van der Waals surface area contributed by atoms with Crippen LogP contribution in [0.3, 0.4) is 0 Å². The summed E-state index contributed by atoms with van der Waals surface area (Å²) < 4.78 is 0. The average Bonchev–Trinajstić information content (AvgIpc) is 3.08. The third-order valence-corrected chi connectivity index (χ3v) is 6.89. The zero-order valence-corrected chi connectivity index (χ0v) is 28.1. The maximum absolute atomic E-state index is 13.3. The topological polar surface area (TPSA) is 383 Å². The normalized spacial score (nSPS) is 12.7. The van der Waals surface area contributed by atoms with E-state index in [1.165, 1.54) is 0 Å². The molecule has 0 radical (unpaired) electrons. The second-order valence-electron chi connectivity index (χ2n) is 11.1. The minimum Gasteiger partial charge on any atom is -0.481 e. The van der Waals surface area contributed by atoms with E-state index in [0.717, 1.165) is 0 Å². The zero-order valence-electron chi connectivity index (χ0n) is 28.1.